The molecule has 5 heteroatoms. The van der Waals surface area contributed by atoms with Gasteiger partial charge in [-0.15, -0.1) is 0 Å². The molecule has 5 rings (SSSR count). The van der Waals surface area contributed by atoms with Crippen molar-refractivity contribution in [3.05, 3.63) is 53.1 Å². The van der Waals surface area contributed by atoms with E-state index in [0.29, 0.717) is 17.2 Å². The van der Waals surface area contributed by atoms with E-state index in [1.54, 1.807) is 7.11 Å². The van der Waals surface area contributed by atoms with E-state index >= 15 is 0 Å². The quantitative estimate of drug-likeness (QED) is 0.864. The number of carbonyl (C=O) groups is 1. The van der Waals surface area contributed by atoms with Crippen LogP contribution in [0.4, 0.5) is 0 Å². The zero-order valence-electron chi connectivity index (χ0n) is 14.3. The van der Waals surface area contributed by atoms with Gasteiger partial charge in [0.25, 0.3) is 5.91 Å². The molecule has 1 saturated heterocycles. The van der Waals surface area contributed by atoms with Crippen LogP contribution in [0.3, 0.4) is 0 Å². The Balaban J connectivity index is 1.48. The van der Waals surface area contributed by atoms with Crippen LogP contribution >= 0.6 is 0 Å². The van der Waals surface area contributed by atoms with Crippen LogP contribution in [-0.2, 0) is 6.42 Å². The number of nitrogens with zero attached hydrogens (tertiary/aromatic N) is 3. The molecule has 2 aliphatic heterocycles. The number of carbonyl (C=O) groups excluding carboxylic acids is 1. The first-order valence-electron chi connectivity index (χ1n) is 9.07. The first-order valence-corrected chi connectivity index (χ1v) is 9.07. The molecule has 1 aromatic carbocycles. The fraction of sp³-hybridized carbons (Fsp3) is 0.450. The van der Waals surface area contributed by atoms with Gasteiger partial charge < -0.3 is 9.64 Å². The van der Waals surface area contributed by atoms with Crippen molar-refractivity contribution >= 4 is 5.91 Å². The summed E-state index contributed by atoms with van der Waals surface area (Å²) >= 11 is 0. The minimum atomic E-state index is 0.0864. The predicted molar refractivity (Wildman–Crippen MR) is 92.6 cm³/mol. The van der Waals surface area contributed by atoms with E-state index in [4.69, 9.17) is 9.72 Å². The van der Waals surface area contributed by atoms with Gasteiger partial charge in [-0.1, -0.05) is 6.07 Å². The second-order valence-corrected chi connectivity index (χ2v) is 7.30. The minimum Gasteiger partial charge on any atom is -0.497 e. The third kappa shape index (κ3) is 2.41. The lowest BCUT2D eigenvalue weighted by atomic mass is 9.98. The fourth-order valence-electron chi connectivity index (χ4n) is 4.25. The van der Waals surface area contributed by atoms with E-state index in [1.807, 2.05) is 30.5 Å². The molecule has 1 aliphatic carbocycles. The summed E-state index contributed by atoms with van der Waals surface area (Å²) in [6.07, 6.45) is 7.30. The van der Waals surface area contributed by atoms with Crippen molar-refractivity contribution in [1.29, 1.82) is 0 Å². The predicted octanol–water partition coefficient (Wildman–Crippen LogP) is 3.26. The van der Waals surface area contributed by atoms with Gasteiger partial charge in [0, 0.05) is 35.7 Å². The molecule has 1 aromatic heterocycles. The number of rotatable bonds is 3. The lowest BCUT2D eigenvalue weighted by molar-refractivity contribution is 0.0643. The van der Waals surface area contributed by atoms with Crippen LogP contribution in [0, 0.1) is 0 Å². The van der Waals surface area contributed by atoms with Gasteiger partial charge in [0.05, 0.1) is 18.8 Å². The van der Waals surface area contributed by atoms with E-state index in [2.05, 4.69) is 9.88 Å². The van der Waals surface area contributed by atoms with Crippen LogP contribution in [0.15, 0.2) is 30.5 Å². The van der Waals surface area contributed by atoms with E-state index in [0.717, 1.165) is 30.7 Å². The van der Waals surface area contributed by atoms with Crippen LogP contribution in [-0.4, -0.2) is 33.9 Å². The Morgan fingerprint density at radius 3 is 2.92 bits per heavy atom. The maximum atomic E-state index is 13.2. The van der Waals surface area contributed by atoms with Crippen LogP contribution in [0.25, 0.3) is 0 Å². The monoisotopic (exact) mass is 335 g/mol. The Morgan fingerprint density at radius 1 is 1.24 bits per heavy atom. The highest BCUT2D eigenvalue weighted by Crippen LogP contribution is 2.45. The highest BCUT2D eigenvalue weighted by Gasteiger charge is 2.44. The van der Waals surface area contributed by atoms with Gasteiger partial charge in [-0.3, -0.25) is 4.79 Å². The molecular weight excluding hydrogens is 314 g/mol. The normalized spacial score (nSPS) is 24.1. The summed E-state index contributed by atoms with van der Waals surface area (Å²) in [5.41, 5.74) is 3.00. The van der Waals surface area contributed by atoms with E-state index in [1.165, 1.54) is 18.5 Å². The van der Waals surface area contributed by atoms with Crippen molar-refractivity contribution in [1.82, 2.24) is 14.9 Å². The Bertz CT molecular complexity index is 847. The molecule has 3 aliphatic rings. The molecule has 2 atom stereocenters. The molecule has 0 unspecified atom stereocenters. The van der Waals surface area contributed by atoms with Gasteiger partial charge in [0.15, 0.2) is 0 Å². The number of methoxy groups -OCH3 is 1. The number of amides is 1. The third-order valence-corrected chi connectivity index (χ3v) is 5.70. The van der Waals surface area contributed by atoms with E-state index < -0.39 is 0 Å². The Kier molecular flexibility index (Phi) is 3.30. The van der Waals surface area contributed by atoms with E-state index in [-0.39, 0.29) is 18.0 Å². The zero-order valence-corrected chi connectivity index (χ0v) is 14.3. The summed E-state index contributed by atoms with van der Waals surface area (Å²) in [4.78, 5) is 24.6. The molecule has 1 amide bonds. The van der Waals surface area contributed by atoms with Crippen molar-refractivity contribution < 1.29 is 9.53 Å². The molecule has 25 heavy (non-hydrogen) atoms. The molecule has 2 aromatic rings. The van der Waals surface area contributed by atoms with Gasteiger partial charge in [-0.05, 0) is 43.9 Å². The van der Waals surface area contributed by atoms with Crippen molar-refractivity contribution in [2.45, 2.75) is 50.1 Å². The molecule has 0 spiro atoms. The molecule has 3 heterocycles. The molecule has 0 N–H and O–H groups in total. The molecule has 2 fully saturated rings. The number of hydrogen-bond acceptors (Lipinski definition) is 4. The standard InChI is InChI=1S/C20H21N3O2/c1-25-15-4-2-3-13(9-15)20(24)23-14-7-8-18(23)16-11-21-19(12-5-6-12)22-17(16)10-14/h2-4,9,11-12,14,18H,5-8,10H2,1H3/t14-,18-/m0/s1. The number of ether oxygens (including phenoxy) is 1. The molecule has 0 radical (unpaired) electrons. The Hall–Kier alpha value is -2.43. The number of fused-ring (bicyclic) bond motifs is 4. The number of hydrogen-bond donors (Lipinski definition) is 0. The van der Waals surface area contributed by atoms with Gasteiger partial charge >= 0.3 is 0 Å². The van der Waals surface area contributed by atoms with Crippen molar-refractivity contribution in [3.63, 3.8) is 0 Å². The molecule has 1 saturated carbocycles. The SMILES string of the molecule is COc1cccc(C(=O)N2[C@H]3CC[C@H]2c2cnc(C4CC4)nc2C3)c1. The fourth-order valence-corrected chi connectivity index (χ4v) is 4.25. The first-order chi connectivity index (χ1) is 12.2. The topological polar surface area (TPSA) is 55.3 Å². The average molecular weight is 335 g/mol. The van der Waals surface area contributed by atoms with Crippen molar-refractivity contribution in [2.24, 2.45) is 0 Å². The lowest BCUT2D eigenvalue weighted by Gasteiger charge is -2.35. The van der Waals surface area contributed by atoms with Crippen LogP contribution in [0.1, 0.15) is 65.1 Å². The second kappa shape index (κ2) is 5.55. The van der Waals surface area contributed by atoms with Crippen molar-refractivity contribution in [3.8, 4) is 5.75 Å². The summed E-state index contributed by atoms with van der Waals surface area (Å²) in [6, 6.07) is 7.79. The number of aromatic nitrogens is 2. The Labute approximate surface area is 147 Å². The summed E-state index contributed by atoms with van der Waals surface area (Å²) in [5, 5.41) is 0. The summed E-state index contributed by atoms with van der Waals surface area (Å²) in [6.45, 7) is 0. The summed E-state index contributed by atoms with van der Waals surface area (Å²) in [5.74, 6) is 2.38. The van der Waals surface area contributed by atoms with Crippen LogP contribution in [0.5, 0.6) is 5.75 Å². The molecule has 5 nitrogen and oxygen atoms in total. The van der Waals surface area contributed by atoms with Gasteiger partial charge in [0.1, 0.15) is 11.6 Å². The Morgan fingerprint density at radius 2 is 2.12 bits per heavy atom. The molecule has 128 valence electrons. The van der Waals surface area contributed by atoms with E-state index in [9.17, 15) is 4.79 Å². The van der Waals surface area contributed by atoms with Crippen molar-refractivity contribution in [2.75, 3.05) is 7.11 Å². The minimum absolute atomic E-state index is 0.0864. The third-order valence-electron chi connectivity index (χ3n) is 5.70. The van der Waals surface area contributed by atoms with Gasteiger partial charge in [-0.25, -0.2) is 9.97 Å². The zero-order chi connectivity index (χ0) is 17.0. The summed E-state index contributed by atoms with van der Waals surface area (Å²) in [7, 11) is 1.62. The lowest BCUT2D eigenvalue weighted by Crippen LogP contribution is -2.42. The van der Waals surface area contributed by atoms with Crippen LogP contribution < -0.4 is 4.74 Å². The average Bonchev–Trinajstić information content (AvgIpc) is 3.45. The largest absolute Gasteiger partial charge is 0.497 e. The van der Waals surface area contributed by atoms with Crippen LogP contribution in [0.2, 0.25) is 0 Å². The maximum absolute atomic E-state index is 13.2. The van der Waals surface area contributed by atoms with Gasteiger partial charge in [-0.2, -0.15) is 0 Å². The second-order valence-electron chi connectivity index (χ2n) is 7.30. The molecular formula is C20H21N3O2. The maximum Gasteiger partial charge on any atom is 0.254 e. The molecule has 2 bridgehead atoms. The van der Waals surface area contributed by atoms with Gasteiger partial charge in [0.2, 0.25) is 0 Å². The highest BCUT2D eigenvalue weighted by atomic mass is 16.5. The number of benzene rings is 1. The first kappa shape index (κ1) is 14.9. The smallest absolute Gasteiger partial charge is 0.254 e. The summed E-state index contributed by atoms with van der Waals surface area (Å²) < 4.78 is 5.27. The highest BCUT2D eigenvalue weighted by molar-refractivity contribution is 5.95.